The van der Waals surface area contributed by atoms with Gasteiger partial charge in [0.1, 0.15) is 11.5 Å². The molecule has 0 atom stereocenters. The van der Waals surface area contributed by atoms with E-state index in [9.17, 15) is 27.6 Å². The number of nitrogens with two attached hydrogens (primary N) is 1. The number of imidazole rings is 1. The molecule has 42 heavy (non-hydrogen) atoms. The number of amides is 3. The number of alkyl halides is 3. The Labute approximate surface area is 255 Å². The molecule has 0 fully saturated rings. The van der Waals surface area contributed by atoms with Gasteiger partial charge in [-0.05, 0) is 59.4 Å². The number of rotatable bonds is 8. The normalized spacial score (nSPS) is 12.1. The number of halogens is 5. The number of hydrogen-bond donors (Lipinski definition) is 4. The summed E-state index contributed by atoms with van der Waals surface area (Å²) in [7, 11) is 1.11. The van der Waals surface area contributed by atoms with Crippen LogP contribution in [0.3, 0.4) is 0 Å². The van der Waals surface area contributed by atoms with Crippen molar-refractivity contribution in [2.24, 2.45) is 5.73 Å². The lowest BCUT2D eigenvalue weighted by atomic mass is 10.1. The van der Waals surface area contributed by atoms with Crippen molar-refractivity contribution < 1.29 is 32.3 Å². The molecule has 222 valence electrons. The number of hydrazine groups is 1. The number of carbonyl (C=O) groups is 3. The van der Waals surface area contributed by atoms with Crippen molar-refractivity contribution in [1.29, 1.82) is 0 Å². The standard InChI is InChI=1S/C25H23ClF3IN8O4/c1-4-5-6-17(26)21(31)38-18(9-15(36-38)10-37-11-19(32-12-37)25(27,28)29)23(40)33-20-13(2)7-14(30)8-16(20)22(39)34-35-24(41)42-3/h4-9,11-12H,1,10,31H2,2-3H3,(H,33,40)(H,34,39)(H,35,41)/b6-5-,21-17-. The zero-order chi connectivity index (χ0) is 31.2. The SMILES string of the molecule is C=C/C=C\C(Cl)=C(/N)n1nc(Cn2cnc(C(F)(F)F)c2)cc1C(=O)Nc1c(C)cc(I)cc1C(=O)NNC(=O)OC. The molecule has 0 bridgehead atoms. The third-order valence-corrected chi connectivity index (χ3v) is 6.30. The molecule has 0 saturated heterocycles. The predicted molar refractivity (Wildman–Crippen MR) is 156 cm³/mol. The van der Waals surface area contributed by atoms with Gasteiger partial charge >= 0.3 is 12.3 Å². The van der Waals surface area contributed by atoms with E-state index in [1.807, 2.05) is 22.6 Å². The third-order valence-electron chi connectivity index (χ3n) is 5.36. The number of hydrogen-bond acceptors (Lipinski definition) is 7. The molecule has 0 radical (unpaired) electrons. The smallest absolute Gasteiger partial charge is 0.434 e. The summed E-state index contributed by atoms with van der Waals surface area (Å²) in [6, 6.07) is 4.48. The first-order chi connectivity index (χ1) is 19.7. The Morgan fingerprint density at radius 1 is 1.21 bits per heavy atom. The van der Waals surface area contributed by atoms with E-state index < -0.39 is 29.8 Å². The lowest BCUT2D eigenvalue weighted by Crippen LogP contribution is -2.42. The number of aromatic nitrogens is 4. The fourth-order valence-electron chi connectivity index (χ4n) is 3.46. The van der Waals surface area contributed by atoms with E-state index in [4.69, 9.17) is 17.3 Å². The van der Waals surface area contributed by atoms with E-state index in [2.05, 4.69) is 37.6 Å². The molecule has 5 N–H and O–H groups in total. The minimum Gasteiger partial charge on any atom is -0.452 e. The number of anilines is 1. The molecule has 0 saturated carbocycles. The summed E-state index contributed by atoms with van der Waals surface area (Å²) >= 11 is 8.26. The molecule has 12 nitrogen and oxygen atoms in total. The number of methoxy groups -OCH3 is 1. The highest BCUT2D eigenvalue weighted by molar-refractivity contribution is 14.1. The minimum atomic E-state index is -4.64. The maximum absolute atomic E-state index is 13.6. The van der Waals surface area contributed by atoms with Gasteiger partial charge in [0.15, 0.2) is 5.69 Å². The van der Waals surface area contributed by atoms with E-state index in [1.54, 1.807) is 13.0 Å². The Kier molecular flexibility index (Phi) is 10.4. The second-order valence-corrected chi connectivity index (χ2v) is 10.0. The molecule has 2 aromatic heterocycles. The molecule has 1 aromatic carbocycles. The highest BCUT2D eigenvalue weighted by Crippen LogP contribution is 2.28. The van der Waals surface area contributed by atoms with Crippen LogP contribution in [0.1, 0.15) is 37.8 Å². The van der Waals surface area contributed by atoms with Crippen molar-refractivity contribution in [1.82, 2.24) is 30.2 Å². The first-order valence-corrected chi connectivity index (χ1v) is 13.1. The second kappa shape index (κ2) is 13.6. The number of aryl methyl sites for hydroxylation is 1. The van der Waals surface area contributed by atoms with Crippen molar-refractivity contribution in [3.8, 4) is 0 Å². The minimum absolute atomic E-state index is 0.00370. The number of allylic oxidation sites excluding steroid dienone is 4. The van der Waals surface area contributed by atoms with Crippen LogP contribution in [0.2, 0.25) is 0 Å². The number of benzene rings is 1. The van der Waals surface area contributed by atoms with Gasteiger partial charge in [0, 0.05) is 9.77 Å². The van der Waals surface area contributed by atoms with Crippen molar-refractivity contribution in [3.63, 3.8) is 0 Å². The topological polar surface area (TPSA) is 158 Å². The van der Waals surface area contributed by atoms with Crippen molar-refractivity contribution >= 4 is 63.6 Å². The average molecular weight is 719 g/mol. The van der Waals surface area contributed by atoms with E-state index in [0.717, 1.165) is 28.9 Å². The van der Waals surface area contributed by atoms with Crippen LogP contribution in [0.5, 0.6) is 0 Å². The summed E-state index contributed by atoms with van der Waals surface area (Å²) in [6.07, 6.45) is 0.538. The molecule has 2 heterocycles. The Morgan fingerprint density at radius 2 is 1.93 bits per heavy atom. The maximum Gasteiger partial charge on any atom is 0.434 e. The quantitative estimate of drug-likeness (QED) is 0.153. The van der Waals surface area contributed by atoms with Crippen LogP contribution in [0, 0.1) is 10.5 Å². The van der Waals surface area contributed by atoms with Crippen LogP contribution < -0.4 is 21.9 Å². The van der Waals surface area contributed by atoms with Gasteiger partial charge in [-0.3, -0.25) is 15.0 Å². The van der Waals surface area contributed by atoms with Gasteiger partial charge in [-0.1, -0.05) is 30.3 Å². The van der Waals surface area contributed by atoms with E-state index >= 15 is 0 Å². The number of nitrogens with zero attached hydrogens (tertiary/aromatic N) is 4. The second-order valence-electron chi connectivity index (χ2n) is 8.36. The van der Waals surface area contributed by atoms with Gasteiger partial charge < -0.3 is 20.4 Å². The lowest BCUT2D eigenvalue weighted by Gasteiger charge is -2.15. The van der Waals surface area contributed by atoms with Crippen molar-refractivity contribution in [2.75, 3.05) is 12.4 Å². The average Bonchev–Trinajstić information content (AvgIpc) is 3.58. The highest BCUT2D eigenvalue weighted by Gasteiger charge is 2.33. The molecule has 17 heteroatoms. The summed E-state index contributed by atoms with van der Waals surface area (Å²) in [6.45, 7) is 5.00. The largest absolute Gasteiger partial charge is 0.452 e. The molecule has 0 aliphatic heterocycles. The van der Waals surface area contributed by atoms with Crippen LogP contribution in [0.25, 0.3) is 5.82 Å². The summed E-state index contributed by atoms with van der Waals surface area (Å²) in [4.78, 5) is 41.2. The number of ether oxygens (including phenoxy) is 1. The Balaban J connectivity index is 2.04. The summed E-state index contributed by atoms with van der Waals surface area (Å²) in [5.41, 5.74) is 9.92. The van der Waals surface area contributed by atoms with Crippen LogP contribution in [-0.2, 0) is 17.5 Å². The van der Waals surface area contributed by atoms with E-state index in [1.165, 1.54) is 30.4 Å². The van der Waals surface area contributed by atoms with Crippen LogP contribution in [0.4, 0.5) is 23.7 Å². The predicted octanol–water partition coefficient (Wildman–Crippen LogP) is 4.38. The number of carbonyl (C=O) groups excluding carboxylic acids is 3. The van der Waals surface area contributed by atoms with Crippen LogP contribution >= 0.6 is 34.2 Å². The van der Waals surface area contributed by atoms with Gasteiger partial charge in [0.25, 0.3) is 11.8 Å². The van der Waals surface area contributed by atoms with E-state index in [-0.39, 0.29) is 40.0 Å². The highest BCUT2D eigenvalue weighted by atomic mass is 127. The van der Waals surface area contributed by atoms with Gasteiger partial charge in [-0.25, -0.2) is 19.9 Å². The van der Waals surface area contributed by atoms with Gasteiger partial charge in [0.05, 0.1) is 42.0 Å². The molecule has 0 unspecified atom stereocenters. The molecular weight excluding hydrogens is 696 g/mol. The van der Waals surface area contributed by atoms with Crippen molar-refractivity contribution in [2.45, 2.75) is 19.6 Å². The van der Waals surface area contributed by atoms with Crippen molar-refractivity contribution in [3.05, 3.63) is 92.3 Å². The van der Waals surface area contributed by atoms with Crippen LogP contribution in [-0.4, -0.2) is 44.3 Å². The zero-order valence-electron chi connectivity index (χ0n) is 21.9. The Hall–Kier alpha value is -4.32. The maximum atomic E-state index is 13.6. The third kappa shape index (κ3) is 7.90. The Morgan fingerprint density at radius 3 is 2.55 bits per heavy atom. The van der Waals surface area contributed by atoms with Crippen LogP contribution in [0.15, 0.2) is 60.6 Å². The lowest BCUT2D eigenvalue weighted by molar-refractivity contribution is -0.141. The van der Waals surface area contributed by atoms with E-state index in [0.29, 0.717) is 9.13 Å². The summed E-state index contributed by atoms with van der Waals surface area (Å²) in [5, 5.41) is 6.92. The zero-order valence-corrected chi connectivity index (χ0v) is 24.8. The summed E-state index contributed by atoms with van der Waals surface area (Å²) < 4.78 is 46.3. The molecular formula is C25H23ClF3IN8O4. The first-order valence-electron chi connectivity index (χ1n) is 11.6. The van der Waals surface area contributed by atoms with Gasteiger partial charge in [-0.2, -0.15) is 18.3 Å². The van der Waals surface area contributed by atoms with Gasteiger partial charge in [0.2, 0.25) is 0 Å². The molecule has 0 spiro atoms. The monoisotopic (exact) mass is 718 g/mol. The first kappa shape index (κ1) is 32.2. The molecule has 0 aliphatic rings. The Bertz CT molecular complexity index is 1600. The molecule has 3 amide bonds. The molecule has 3 aromatic rings. The van der Waals surface area contributed by atoms with Gasteiger partial charge in [-0.15, -0.1) is 0 Å². The fraction of sp³-hybridized carbons (Fsp3) is 0.160. The number of nitrogens with one attached hydrogen (secondary N) is 3. The molecule has 3 rings (SSSR count). The summed E-state index contributed by atoms with van der Waals surface area (Å²) in [5.74, 6) is -1.72. The molecule has 0 aliphatic carbocycles. The fourth-order valence-corrected chi connectivity index (χ4v) is 4.40.